The van der Waals surface area contributed by atoms with Gasteiger partial charge < -0.3 is 15.4 Å². The van der Waals surface area contributed by atoms with Crippen molar-refractivity contribution in [1.82, 2.24) is 20.4 Å². The van der Waals surface area contributed by atoms with E-state index in [1.165, 1.54) is 26.1 Å². The molecule has 1 aliphatic carbocycles. The second kappa shape index (κ2) is 10.4. The topological polar surface area (TPSA) is 63.5 Å². The molecule has 0 unspecified atom stereocenters. The largest absolute Gasteiger partial charge is 0.493 e. The van der Waals surface area contributed by atoms with E-state index in [1.807, 2.05) is 25.1 Å². The van der Waals surface area contributed by atoms with Crippen LogP contribution in [0.5, 0.6) is 5.75 Å². The number of alkyl halides is 3. The Kier molecular flexibility index (Phi) is 8.39. The van der Waals surface area contributed by atoms with E-state index in [0.717, 1.165) is 21.6 Å². The van der Waals surface area contributed by atoms with Crippen LogP contribution in [0.1, 0.15) is 35.2 Å². The second-order valence-corrected chi connectivity index (χ2v) is 7.32. The van der Waals surface area contributed by atoms with E-state index >= 15 is 0 Å². The minimum Gasteiger partial charge on any atom is -0.493 e. The maximum Gasteiger partial charge on any atom is 0.435 e. The van der Waals surface area contributed by atoms with Crippen molar-refractivity contribution < 1.29 is 17.9 Å². The molecule has 2 aromatic rings. The molecule has 30 heavy (non-hydrogen) atoms. The van der Waals surface area contributed by atoms with Gasteiger partial charge in [0.15, 0.2) is 11.7 Å². The molecule has 0 spiro atoms. The quantitative estimate of drug-likeness (QED) is 0.318. The fraction of sp³-hybridized carbons (Fsp3) is 0.500. The average Bonchev–Trinajstić information content (AvgIpc) is 3.41. The molecule has 1 fully saturated rings. The van der Waals surface area contributed by atoms with Crippen molar-refractivity contribution in [2.45, 2.75) is 39.0 Å². The lowest BCUT2D eigenvalue weighted by Crippen LogP contribution is -2.36. The summed E-state index contributed by atoms with van der Waals surface area (Å²) in [5.41, 5.74) is 1.25. The molecule has 1 aromatic carbocycles. The SMILES string of the molecule is CN=C(NCc1ccc(C)cc1OCC1CC1)NCc1cn(C)nc1C(F)(F)F.I. The number of aliphatic imine (C=N–C) groups is 1. The fourth-order valence-corrected chi connectivity index (χ4v) is 2.92. The molecule has 0 bridgehead atoms. The summed E-state index contributed by atoms with van der Waals surface area (Å²) in [5, 5.41) is 9.57. The number of rotatable bonds is 7. The van der Waals surface area contributed by atoms with Gasteiger partial charge in [-0.3, -0.25) is 9.67 Å². The van der Waals surface area contributed by atoms with Gasteiger partial charge in [-0.1, -0.05) is 12.1 Å². The first kappa shape index (κ1) is 24.3. The molecule has 0 radical (unpaired) electrons. The molecule has 10 heteroatoms. The lowest BCUT2D eigenvalue weighted by Gasteiger charge is -2.15. The Balaban J connectivity index is 0.00000320. The van der Waals surface area contributed by atoms with Gasteiger partial charge >= 0.3 is 6.18 Å². The van der Waals surface area contributed by atoms with Crippen LogP contribution in [0.2, 0.25) is 0 Å². The van der Waals surface area contributed by atoms with Gasteiger partial charge in [-0.25, -0.2) is 0 Å². The zero-order chi connectivity index (χ0) is 21.0. The summed E-state index contributed by atoms with van der Waals surface area (Å²) in [6, 6.07) is 5.99. The lowest BCUT2D eigenvalue weighted by atomic mass is 10.1. The van der Waals surface area contributed by atoms with E-state index in [1.54, 1.807) is 7.05 Å². The van der Waals surface area contributed by atoms with Crippen molar-refractivity contribution >= 4 is 29.9 Å². The monoisotopic (exact) mass is 537 g/mol. The van der Waals surface area contributed by atoms with E-state index in [4.69, 9.17) is 4.74 Å². The summed E-state index contributed by atoms with van der Waals surface area (Å²) >= 11 is 0. The predicted molar refractivity (Wildman–Crippen MR) is 120 cm³/mol. The standard InChI is InChI=1S/C20H26F3N5O.HI/c1-13-4-7-15(17(8-13)29-12-14-5-6-14)9-25-19(24-2)26-10-16-11-28(3)27-18(16)20(21,22)23;/h4,7-8,11,14H,5-6,9-10,12H2,1-3H3,(H2,24,25,26);1H. The van der Waals surface area contributed by atoms with Crippen LogP contribution in [0.15, 0.2) is 29.4 Å². The minimum atomic E-state index is -4.50. The number of hydrogen-bond donors (Lipinski definition) is 2. The van der Waals surface area contributed by atoms with Gasteiger partial charge in [0, 0.05) is 44.5 Å². The van der Waals surface area contributed by atoms with Crippen LogP contribution in [0, 0.1) is 12.8 Å². The van der Waals surface area contributed by atoms with Crippen LogP contribution >= 0.6 is 24.0 Å². The van der Waals surface area contributed by atoms with Gasteiger partial charge in [-0.05, 0) is 37.3 Å². The van der Waals surface area contributed by atoms with Gasteiger partial charge in [0.2, 0.25) is 0 Å². The van der Waals surface area contributed by atoms with Gasteiger partial charge in [-0.2, -0.15) is 18.3 Å². The maximum atomic E-state index is 13.1. The molecular formula is C20H27F3IN5O. The van der Waals surface area contributed by atoms with Crippen molar-refractivity contribution in [3.05, 3.63) is 46.8 Å². The molecular weight excluding hydrogens is 510 g/mol. The van der Waals surface area contributed by atoms with E-state index in [-0.39, 0.29) is 36.1 Å². The van der Waals surface area contributed by atoms with E-state index in [2.05, 4.69) is 20.7 Å². The normalized spacial score (nSPS) is 14.3. The Bertz CT molecular complexity index is 878. The number of nitrogens with zero attached hydrogens (tertiary/aromatic N) is 3. The van der Waals surface area contributed by atoms with E-state index in [0.29, 0.717) is 25.0 Å². The molecule has 0 atom stereocenters. The Morgan fingerprint density at radius 1 is 1.23 bits per heavy atom. The second-order valence-electron chi connectivity index (χ2n) is 7.32. The average molecular weight is 537 g/mol. The number of aryl methyl sites for hydroxylation is 2. The molecule has 1 aliphatic rings. The van der Waals surface area contributed by atoms with Gasteiger partial charge in [0.25, 0.3) is 0 Å². The van der Waals surface area contributed by atoms with Crippen LogP contribution in [-0.2, 0) is 26.3 Å². The minimum absolute atomic E-state index is 0. The van der Waals surface area contributed by atoms with Crippen molar-refractivity contribution in [3.63, 3.8) is 0 Å². The number of aromatic nitrogens is 2. The molecule has 0 saturated heterocycles. The third-order valence-electron chi connectivity index (χ3n) is 4.68. The molecule has 166 valence electrons. The van der Waals surface area contributed by atoms with Gasteiger partial charge in [0.05, 0.1) is 6.61 Å². The summed E-state index contributed by atoms with van der Waals surface area (Å²) in [6.07, 6.45) is -0.716. The Hall–Kier alpha value is -1.98. The number of guanidine groups is 1. The molecule has 6 nitrogen and oxygen atoms in total. The summed E-state index contributed by atoms with van der Waals surface area (Å²) < 4.78 is 46.4. The number of ether oxygens (including phenoxy) is 1. The zero-order valence-corrected chi connectivity index (χ0v) is 19.5. The van der Waals surface area contributed by atoms with Crippen LogP contribution in [0.3, 0.4) is 0 Å². The Morgan fingerprint density at radius 3 is 2.50 bits per heavy atom. The summed E-state index contributed by atoms with van der Waals surface area (Å²) in [4.78, 5) is 4.09. The first-order chi connectivity index (χ1) is 13.8. The number of hydrogen-bond acceptors (Lipinski definition) is 3. The van der Waals surface area contributed by atoms with Gasteiger partial charge in [0.1, 0.15) is 5.75 Å². The first-order valence-corrected chi connectivity index (χ1v) is 9.53. The number of halogens is 4. The van der Waals surface area contributed by atoms with Crippen LogP contribution in [0.4, 0.5) is 13.2 Å². The highest BCUT2D eigenvalue weighted by Crippen LogP contribution is 2.31. The summed E-state index contributed by atoms with van der Waals surface area (Å²) in [6.45, 7) is 3.12. The van der Waals surface area contributed by atoms with Gasteiger partial charge in [-0.15, -0.1) is 24.0 Å². The van der Waals surface area contributed by atoms with Crippen molar-refractivity contribution in [2.24, 2.45) is 18.0 Å². The number of nitrogens with one attached hydrogen (secondary N) is 2. The molecule has 1 saturated carbocycles. The smallest absolute Gasteiger partial charge is 0.435 e. The molecule has 1 heterocycles. The Labute approximate surface area is 191 Å². The van der Waals surface area contributed by atoms with Crippen molar-refractivity contribution in [3.8, 4) is 5.75 Å². The third kappa shape index (κ3) is 6.78. The molecule has 2 N–H and O–H groups in total. The van der Waals surface area contributed by atoms with E-state index < -0.39 is 11.9 Å². The van der Waals surface area contributed by atoms with Crippen molar-refractivity contribution in [2.75, 3.05) is 13.7 Å². The third-order valence-corrected chi connectivity index (χ3v) is 4.68. The summed E-state index contributed by atoms with van der Waals surface area (Å²) in [5.74, 6) is 1.87. The lowest BCUT2D eigenvalue weighted by molar-refractivity contribution is -0.142. The van der Waals surface area contributed by atoms with Crippen LogP contribution in [0.25, 0.3) is 0 Å². The molecule has 1 aromatic heterocycles. The zero-order valence-electron chi connectivity index (χ0n) is 17.2. The first-order valence-electron chi connectivity index (χ1n) is 9.53. The number of benzene rings is 1. The van der Waals surface area contributed by atoms with E-state index in [9.17, 15) is 13.2 Å². The maximum absolute atomic E-state index is 13.1. The molecule has 0 aliphatic heterocycles. The predicted octanol–water partition coefficient (Wildman–Crippen LogP) is 4.02. The van der Waals surface area contributed by atoms with Crippen LogP contribution in [-0.4, -0.2) is 29.4 Å². The highest BCUT2D eigenvalue weighted by molar-refractivity contribution is 14.0. The fourth-order valence-electron chi connectivity index (χ4n) is 2.92. The highest BCUT2D eigenvalue weighted by atomic mass is 127. The highest BCUT2D eigenvalue weighted by Gasteiger charge is 2.36. The van der Waals surface area contributed by atoms with Crippen LogP contribution < -0.4 is 15.4 Å². The Morgan fingerprint density at radius 2 is 1.90 bits per heavy atom. The molecule has 0 amide bonds. The molecule has 3 rings (SSSR count). The van der Waals surface area contributed by atoms with Crippen molar-refractivity contribution in [1.29, 1.82) is 0 Å². The summed E-state index contributed by atoms with van der Waals surface area (Å²) in [7, 11) is 3.04.